The molecule has 2 saturated heterocycles. The minimum atomic E-state index is -3.31. The van der Waals surface area contributed by atoms with Crippen LogP contribution in [0.3, 0.4) is 0 Å². The maximum Gasteiger partial charge on any atom is 0.306 e. The van der Waals surface area contributed by atoms with Crippen molar-refractivity contribution in [2.45, 2.75) is 102 Å². The van der Waals surface area contributed by atoms with Crippen molar-refractivity contribution in [2.75, 3.05) is 6.61 Å². The predicted molar refractivity (Wildman–Crippen MR) is 102 cm³/mol. The molecule has 2 heterocycles. The van der Waals surface area contributed by atoms with Crippen LogP contribution in [0.2, 0.25) is 0 Å². The molecule has 0 N–H and O–H groups in total. The molecule has 3 fully saturated rings. The second kappa shape index (κ2) is 10.1. The van der Waals surface area contributed by atoms with Crippen LogP contribution in [0.25, 0.3) is 0 Å². The summed E-state index contributed by atoms with van der Waals surface area (Å²) in [6, 6.07) is 0. The van der Waals surface area contributed by atoms with Gasteiger partial charge in [-0.15, -0.1) is 0 Å². The SMILES string of the molecule is CCCCCCC(F)(F)C(=O)CC=C1C(OC2CCCCO2)CC2OC(=O)CC12. The standard InChI is InChI=1S/C22H32F2O5/c1-2-3-4-6-11-22(23,24)19(25)10-9-15-16-13-20(26)28-18(16)14-17(15)29-21-8-5-7-12-27-21/h9,16-18,21H,2-8,10-14H2,1H3. The minimum Gasteiger partial charge on any atom is -0.462 e. The van der Waals surface area contributed by atoms with Crippen molar-refractivity contribution in [3.8, 4) is 0 Å². The Morgan fingerprint density at radius 3 is 2.83 bits per heavy atom. The van der Waals surface area contributed by atoms with E-state index >= 15 is 0 Å². The first-order chi connectivity index (χ1) is 13.9. The van der Waals surface area contributed by atoms with E-state index in [1.54, 1.807) is 6.08 Å². The number of ketones is 1. The molecule has 7 heteroatoms. The number of allylic oxidation sites excluding steroid dienone is 1. The molecule has 1 aliphatic carbocycles. The van der Waals surface area contributed by atoms with Crippen LogP contribution in [0.15, 0.2) is 11.6 Å². The number of halogens is 2. The quantitative estimate of drug-likeness (QED) is 0.294. The van der Waals surface area contributed by atoms with Crippen molar-refractivity contribution in [3.63, 3.8) is 0 Å². The fourth-order valence-corrected chi connectivity index (χ4v) is 4.43. The van der Waals surface area contributed by atoms with Gasteiger partial charge in [0.25, 0.3) is 0 Å². The second-order valence-corrected chi connectivity index (χ2v) is 8.34. The van der Waals surface area contributed by atoms with Crippen molar-refractivity contribution in [1.29, 1.82) is 0 Å². The molecule has 0 spiro atoms. The Bertz CT molecular complexity index is 612. The monoisotopic (exact) mass is 414 g/mol. The molecule has 0 aromatic heterocycles. The maximum atomic E-state index is 14.2. The van der Waals surface area contributed by atoms with Crippen molar-refractivity contribution >= 4 is 11.8 Å². The second-order valence-electron chi connectivity index (χ2n) is 8.34. The number of hydrogen-bond donors (Lipinski definition) is 0. The fourth-order valence-electron chi connectivity index (χ4n) is 4.43. The molecule has 0 aromatic carbocycles. The lowest BCUT2D eigenvalue weighted by Gasteiger charge is -2.27. The van der Waals surface area contributed by atoms with Crippen LogP contribution >= 0.6 is 0 Å². The third-order valence-electron chi connectivity index (χ3n) is 6.09. The van der Waals surface area contributed by atoms with Crippen molar-refractivity contribution < 1.29 is 32.6 Å². The number of esters is 1. The van der Waals surface area contributed by atoms with Gasteiger partial charge in [-0.05, 0) is 31.3 Å². The van der Waals surface area contributed by atoms with E-state index in [1.165, 1.54) is 0 Å². The number of hydrogen-bond acceptors (Lipinski definition) is 5. The van der Waals surface area contributed by atoms with Gasteiger partial charge in [0.1, 0.15) is 6.10 Å². The Hall–Kier alpha value is -1.34. The van der Waals surface area contributed by atoms with Crippen LogP contribution in [-0.4, -0.2) is 42.8 Å². The van der Waals surface area contributed by atoms with Crippen LogP contribution in [0.1, 0.15) is 77.6 Å². The third-order valence-corrected chi connectivity index (χ3v) is 6.09. The number of carbonyl (C=O) groups is 2. The van der Waals surface area contributed by atoms with E-state index in [4.69, 9.17) is 14.2 Å². The number of rotatable bonds is 10. The summed E-state index contributed by atoms with van der Waals surface area (Å²) < 4.78 is 45.5. The fraction of sp³-hybridized carbons (Fsp3) is 0.818. The highest BCUT2D eigenvalue weighted by Gasteiger charge is 2.48. The molecule has 164 valence electrons. The Morgan fingerprint density at radius 1 is 1.28 bits per heavy atom. The largest absolute Gasteiger partial charge is 0.462 e. The number of fused-ring (bicyclic) bond motifs is 1. The smallest absolute Gasteiger partial charge is 0.306 e. The third kappa shape index (κ3) is 5.85. The topological polar surface area (TPSA) is 61.8 Å². The van der Waals surface area contributed by atoms with Crippen molar-refractivity contribution in [1.82, 2.24) is 0 Å². The summed E-state index contributed by atoms with van der Waals surface area (Å²) in [6.07, 6.45) is 6.23. The zero-order valence-corrected chi connectivity index (χ0v) is 17.2. The normalized spacial score (nSPS) is 31.1. The van der Waals surface area contributed by atoms with Crippen LogP contribution in [0.5, 0.6) is 0 Å². The Labute approximate surface area is 171 Å². The van der Waals surface area contributed by atoms with E-state index < -0.39 is 18.1 Å². The molecule has 29 heavy (non-hydrogen) atoms. The molecule has 3 rings (SSSR count). The van der Waals surface area contributed by atoms with Gasteiger partial charge in [0.15, 0.2) is 6.29 Å². The van der Waals surface area contributed by atoms with E-state index in [0.717, 1.165) is 37.7 Å². The summed E-state index contributed by atoms with van der Waals surface area (Å²) in [5.41, 5.74) is 0.741. The average molecular weight is 414 g/mol. The van der Waals surface area contributed by atoms with Crippen LogP contribution in [0.4, 0.5) is 8.78 Å². The Morgan fingerprint density at radius 2 is 2.10 bits per heavy atom. The molecule has 0 bridgehead atoms. The zero-order valence-electron chi connectivity index (χ0n) is 17.2. The summed E-state index contributed by atoms with van der Waals surface area (Å²) >= 11 is 0. The van der Waals surface area contributed by atoms with Crippen molar-refractivity contribution in [3.05, 3.63) is 11.6 Å². The summed E-state index contributed by atoms with van der Waals surface area (Å²) in [6.45, 7) is 2.65. The molecule has 1 saturated carbocycles. The van der Waals surface area contributed by atoms with Gasteiger partial charge in [-0.1, -0.05) is 32.3 Å². The Kier molecular flexibility index (Phi) is 7.79. The molecule has 0 aromatic rings. The molecule has 0 radical (unpaired) electrons. The van der Waals surface area contributed by atoms with Gasteiger partial charge in [-0.2, -0.15) is 8.78 Å². The zero-order chi connectivity index (χ0) is 20.9. The molecule has 0 amide bonds. The first kappa shape index (κ1) is 22.3. The highest BCUT2D eigenvalue weighted by molar-refractivity contribution is 5.87. The number of carbonyl (C=O) groups excluding carboxylic acids is 2. The summed E-state index contributed by atoms with van der Waals surface area (Å²) in [5, 5.41) is 0. The highest BCUT2D eigenvalue weighted by atomic mass is 19.3. The van der Waals surface area contributed by atoms with E-state index in [1.807, 2.05) is 6.92 Å². The predicted octanol–water partition coefficient (Wildman–Crippen LogP) is 4.72. The van der Waals surface area contributed by atoms with Crippen molar-refractivity contribution in [2.24, 2.45) is 5.92 Å². The van der Waals surface area contributed by atoms with Crippen LogP contribution in [0, 0.1) is 5.92 Å². The van der Waals surface area contributed by atoms with E-state index in [-0.39, 0.29) is 43.2 Å². The van der Waals surface area contributed by atoms with Gasteiger partial charge in [-0.25, -0.2) is 0 Å². The van der Waals surface area contributed by atoms with Gasteiger partial charge in [-0.3, -0.25) is 9.59 Å². The van der Waals surface area contributed by atoms with Gasteiger partial charge in [0, 0.05) is 31.8 Å². The molecular formula is C22H32F2O5. The minimum absolute atomic E-state index is 0.193. The number of alkyl halides is 2. The highest BCUT2D eigenvalue weighted by Crippen LogP contribution is 2.43. The molecule has 3 aliphatic rings. The van der Waals surface area contributed by atoms with Gasteiger partial charge in [0.05, 0.1) is 12.5 Å². The van der Waals surface area contributed by atoms with E-state index in [0.29, 0.717) is 25.9 Å². The molecular weight excluding hydrogens is 382 g/mol. The number of ether oxygens (including phenoxy) is 3. The average Bonchev–Trinajstić information content (AvgIpc) is 3.19. The lowest BCUT2D eigenvalue weighted by Crippen LogP contribution is -2.29. The summed E-state index contributed by atoms with van der Waals surface area (Å²) in [4.78, 5) is 23.8. The lowest BCUT2D eigenvalue weighted by atomic mass is 9.95. The van der Waals surface area contributed by atoms with Crippen LogP contribution in [-0.2, 0) is 23.8 Å². The Balaban J connectivity index is 1.62. The molecule has 2 aliphatic heterocycles. The number of Topliss-reactive ketones (excluding diaryl/α,β-unsaturated/α-hetero) is 1. The first-order valence-corrected chi connectivity index (χ1v) is 11.0. The van der Waals surface area contributed by atoms with E-state index in [9.17, 15) is 18.4 Å². The number of unbranched alkanes of at least 4 members (excludes halogenated alkanes) is 3. The molecule has 4 atom stereocenters. The van der Waals surface area contributed by atoms with Gasteiger partial charge in [0.2, 0.25) is 5.78 Å². The van der Waals surface area contributed by atoms with Gasteiger partial charge < -0.3 is 14.2 Å². The van der Waals surface area contributed by atoms with Crippen LogP contribution < -0.4 is 0 Å². The molecule has 5 nitrogen and oxygen atoms in total. The summed E-state index contributed by atoms with van der Waals surface area (Å²) in [5.74, 6) is -4.86. The van der Waals surface area contributed by atoms with Gasteiger partial charge >= 0.3 is 11.9 Å². The molecule has 4 unspecified atom stereocenters. The summed E-state index contributed by atoms with van der Waals surface area (Å²) in [7, 11) is 0. The lowest BCUT2D eigenvalue weighted by molar-refractivity contribution is -0.181. The first-order valence-electron chi connectivity index (χ1n) is 11.0. The maximum absolute atomic E-state index is 14.2. The van der Waals surface area contributed by atoms with E-state index in [2.05, 4.69) is 0 Å².